The summed E-state index contributed by atoms with van der Waals surface area (Å²) in [6, 6.07) is 3.58. The summed E-state index contributed by atoms with van der Waals surface area (Å²) in [6.45, 7) is 2.03. The Bertz CT molecular complexity index is 420. The molecule has 1 heterocycles. The van der Waals surface area contributed by atoms with Gasteiger partial charge in [0.05, 0.1) is 11.1 Å². The molecule has 1 aromatic rings. The van der Waals surface area contributed by atoms with Crippen molar-refractivity contribution in [2.45, 2.75) is 31.9 Å². The summed E-state index contributed by atoms with van der Waals surface area (Å²) in [5.74, 6) is 0.703. The molecule has 0 saturated carbocycles. The van der Waals surface area contributed by atoms with Gasteiger partial charge < -0.3 is 14.8 Å². The van der Waals surface area contributed by atoms with Crippen molar-refractivity contribution < 1.29 is 9.47 Å². The van der Waals surface area contributed by atoms with Gasteiger partial charge in [0, 0.05) is 23.7 Å². The molecule has 1 aliphatic rings. The van der Waals surface area contributed by atoms with Gasteiger partial charge in [-0.3, -0.25) is 0 Å². The van der Waals surface area contributed by atoms with E-state index >= 15 is 0 Å². The van der Waals surface area contributed by atoms with Gasteiger partial charge >= 0.3 is 0 Å². The Morgan fingerprint density at radius 1 is 1.37 bits per heavy atom. The van der Waals surface area contributed by atoms with Crippen LogP contribution in [0.3, 0.4) is 0 Å². The fourth-order valence-corrected chi connectivity index (χ4v) is 2.80. The Morgan fingerprint density at radius 2 is 2.21 bits per heavy atom. The first kappa shape index (κ1) is 14.9. The molecule has 1 aliphatic heterocycles. The molecule has 2 rings (SSSR count). The predicted octanol–water partition coefficient (Wildman–Crippen LogP) is 3.66. The lowest BCUT2D eigenvalue weighted by atomic mass is 10.1. The van der Waals surface area contributed by atoms with Crippen molar-refractivity contribution in [1.82, 2.24) is 5.32 Å². The molecule has 0 amide bonds. The van der Waals surface area contributed by atoms with E-state index in [9.17, 15) is 0 Å². The second-order valence-corrected chi connectivity index (χ2v) is 5.55. The van der Waals surface area contributed by atoms with Crippen LogP contribution in [-0.4, -0.2) is 26.4 Å². The van der Waals surface area contributed by atoms with Crippen LogP contribution in [0.4, 0.5) is 0 Å². The smallest absolute Gasteiger partial charge is 0.142 e. The molecule has 5 heteroatoms. The number of rotatable bonds is 5. The minimum atomic E-state index is 0.169. The van der Waals surface area contributed by atoms with Crippen molar-refractivity contribution in [3.63, 3.8) is 0 Å². The highest BCUT2D eigenvalue weighted by molar-refractivity contribution is 6.35. The van der Waals surface area contributed by atoms with Crippen molar-refractivity contribution in [3.05, 3.63) is 27.7 Å². The van der Waals surface area contributed by atoms with Crippen LogP contribution >= 0.6 is 23.2 Å². The van der Waals surface area contributed by atoms with E-state index in [-0.39, 0.29) is 6.10 Å². The normalized spacial score (nSPS) is 19.4. The van der Waals surface area contributed by atoms with Crippen LogP contribution in [0, 0.1) is 0 Å². The first-order valence-electron chi connectivity index (χ1n) is 6.57. The van der Waals surface area contributed by atoms with E-state index in [4.69, 9.17) is 32.7 Å². The molecule has 0 spiro atoms. The first-order chi connectivity index (χ1) is 9.20. The van der Waals surface area contributed by atoms with Crippen molar-refractivity contribution in [2.75, 3.05) is 20.3 Å². The number of nitrogens with one attached hydrogen (secondary N) is 1. The maximum Gasteiger partial charge on any atom is 0.142 e. The number of ether oxygens (including phenoxy) is 2. The van der Waals surface area contributed by atoms with E-state index in [0.29, 0.717) is 28.9 Å². The molecule has 1 unspecified atom stereocenters. The highest BCUT2D eigenvalue weighted by Crippen LogP contribution is 2.33. The van der Waals surface area contributed by atoms with Gasteiger partial charge in [-0.1, -0.05) is 23.2 Å². The highest BCUT2D eigenvalue weighted by Gasteiger charge is 2.17. The molecule has 0 aliphatic carbocycles. The molecular weight excluding hydrogens is 285 g/mol. The van der Waals surface area contributed by atoms with Crippen LogP contribution in [0.25, 0.3) is 0 Å². The standard InChI is InChI=1S/C14H19Cl2NO2/c1-17-8-10-6-11(15)7-13(16)14(10)19-9-12-4-2-3-5-18-12/h6-7,12,17H,2-5,8-9H2,1H3. The summed E-state index contributed by atoms with van der Waals surface area (Å²) in [4.78, 5) is 0. The van der Waals surface area contributed by atoms with Crippen LogP contribution in [0.15, 0.2) is 12.1 Å². The van der Waals surface area contributed by atoms with Gasteiger partial charge in [-0.25, -0.2) is 0 Å². The summed E-state index contributed by atoms with van der Waals surface area (Å²) in [5.41, 5.74) is 0.968. The lowest BCUT2D eigenvalue weighted by Gasteiger charge is -2.23. The molecule has 3 nitrogen and oxygen atoms in total. The third kappa shape index (κ3) is 4.25. The van der Waals surface area contributed by atoms with Crippen LogP contribution in [0.5, 0.6) is 5.75 Å². The summed E-state index contributed by atoms with van der Waals surface area (Å²) in [6.07, 6.45) is 3.56. The van der Waals surface area contributed by atoms with Crippen LogP contribution in [0.2, 0.25) is 10.0 Å². The fourth-order valence-electron chi connectivity index (χ4n) is 2.21. The Balaban J connectivity index is 2.05. The SMILES string of the molecule is CNCc1cc(Cl)cc(Cl)c1OCC1CCCCO1. The van der Waals surface area contributed by atoms with E-state index in [1.54, 1.807) is 6.07 Å². The zero-order valence-electron chi connectivity index (χ0n) is 11.0. The van der Waals surface area contributed by atoms with Crippen LogP contribution in [0.1, 0.15) is 24.8 Å². The molecule has 19 heavy (non-hydrogen) atoms. The number of benzene rings is 1. The number of hydrogen-bond donors (Lipinski definition) is 1. The summed E-state index contributed by atoms with van der Waals surface area (Å²) >= 11 is 12.2. The maximum atomic E-state index is 6.21. The van der Waals surface area contributed by atoms with Gasteiger partial charge in [0.15, 0.2) is 0 Å². The minimum Gasteiger partial charge on any atom is -0.489 e. The summed E-state index contributed by atoms with van der Waals surface area (Å²) in [5, 5.41) is 4.26. The molecule has 0 bridgehead atoms. The van der Waals surface area contributed by atoms with Crippen LogP contribution < -0.4 is 10.1 Å². The maximum absolute atomic E-state index is 6.21. The average Bonchev–Trinajstić information content (AvgIpc) is 2.39. The number of halogens is 2. The van der Waals surface area contributed by atoms with Gasteiger partial charge in [-0.15, -0.1) is 0 Å². The lowest BCUT2D eigenvalue weighted by Crippen LogP contribution is -2.26. The zero-order valence-corrected chi connectivity index (χ0v) is 12.6. The first-order valence-corrected chi connectivity index (χ1v) is 7.33. The third-order valence-electron chi connectivity index (χ3n) is 3.14. The largest absolute Gasteiger partial charge is 0.489 e. The molecule has 0 radical (unpaired) electrons. The monoisotopic (exact) mass is 303 g/mol. The molecule has 0 aromatic heterocycles. The number of hydrogen-bond acceptors (Lipinski definition) is 3. The topological polar surface area (TPSA) is 30.5 Å². The van der Waals surface area contributed by atoms with Crippen molar-refractivity contribution in [2.24, 2.45) is 0 Å². The van der Waals surface area contributed by atoms with Gasteiger partial charge in [0.2, 0.25) is 0 Å². The summed E-state index contributed by atoms with van der Waals surface area (Å²) < 4.78 is 11.5. The second kappa shape index (κ2) is 7.34. The molecular formula is C14H19Cl2NO2. The lowest BCUT2D eigenvalue weighted by molar-refractivity contribution is -0.0112. The highest BCUT2D eigenvalue weighted by atomic mass is 35.5. The molecule has 1 fully saturated rings. The molecule has 106 valence electrons. The Morgan fingerprint density at radius 3 is 2.89 bits per heavy atom. The second-order valence-electron chi connectivity index (χ2n) is 4.71. The molecule has 1 saturated heterocycles. The van der Waals surface area contributed by atoms with Crippen LogP contribution in [-0.2, 0) is 11.3 Å². The molecule has 1 aromatic carbocycles. The molecule has 1 atom stereocenters. The van der Waals surface area contributed by atoms with Gasteiger partial charge in [-0.2, -0.15) is 0 Å². The van der Waals surface area contributed by atoms with Crippen molar-refractivity contribution in [3.8, 4) is 5.75 Å². The van der Waals surface area contributed by atoms with Gasteiger partial charge in [0.25, 0.3) is 0 Å². The average molecular weight is 304 g/mol. The van der Waals surface area contributed by atoms with Crippen molar-refractivity contribution >= 4 is 23.2 Å². The van der Waals surface area contributed by atoms with E-state index in [2.05, 4.69) is 5.32 Å². The van der Waals surface area contributed by atoms with Crippen molar-refractivity contribution in [1.29, 1.82) is 0 Å². The Kier molecular flexibility index (Phi) is 5.76. The predicted molar refractivity (Wildman–Crippen MR) is 78.3 cm³/mol. The zero-order chi connectivity index (χ0) is 13.7. The minimum absolute atomic E-state index is 0.169. The van der Waals surface area contributed by atoms with E-state index in [1.807, 2.05) is 13.1 Å². The van der Waals surface area contributed by atoms with E-state index in [0.717, 1.165) is 25.0 Å². The van der Waals surface area contributed by atoms with Gasteiger partial charge in [-0.05, 0) is 38.4 Å². The van der Waals surface area contributed by atoms with Gasteiger partial charge in [0.1, 0.15) is 12.4 Å². The molecule has 1 N–H and O–H groups in total. The quantitative estimate of drug-likeness (QED) is 0.900. The Hall–Kier alpha value is -0.480. The fraction of sp³-hybridized carbons (Fsp3) is 0.571. The third-order valence-corrected chi connectivity index (χ3v) is 3.64. The van der Waals surface area contributed by atoms with E-state index in [1.165, 1.54) is 6.42 Å². The van der Waals surface area contributed by atoms with E-state index < -0.39 is 0 Å². The summed E-state index contributed by atoms with van der Waals surface area (Å²) in [7, 11) is 1.88. The Labute approximate surface area is 124 Å².